The minimum absolute atomic E-state index is 0.0501. The highest BCUT2D eigenvalue weighted by molar-refractivity contribution is 7.16. The fourth-order valence-electron chi connectivity index (χ4n) is 7.79. The van der Waals surface area contributed by atoms with Crippen molar-refractivity contribution in [3.05, 3.63) is 124 Å². The summed E-state index contributed by atoms with van der Waals surface area (Å²) in [6, 6.07) is 22.1. The molecule has 2 amide bonds. The van der Waals surface area contributed by atoms with Gasteiger partial charge in [0.2, 0.25) is 5.88 Å². The quantitative estimate of drug-likeness (QED) is 0.145. The number of amides is 2. The van der Waals surface area contributed by atoms with Crippen molar-refractivity contribution >= 4 is 44.9 Å². The molecular formula is C44H39F2N11O4S. The van der Waals surface area contributed by atoms with Crippen LogP contribution in [0.4, 0.5) is 19.6 Å². The van der Waals surface area contributed by atoms with E-state index >= 15 is 0 Å². The maximum absolute atomic E-state index is 13.7. The number of aromatic nitrogens is 6. The first-order valence-electron chi connectivity index (χ1n) is 19.8. The van der Waals surface area contributed by atoms with E-state index in [1.807, 2.05) is 52.9 Å². The van der Waals surface area contributed by atoms with Crippen LogP contribution in [0, 0.1) is 11.3 Å². The highest BCUT2D eigenvalue weighted by Gasteiger charge is 2.28. The van der Waals surface area contributed by atoms with Gasteiger partial charge in [-0.2, -0.15) is 19.1 Å². The van der Waals surface area contributed by atoms with Crippen molar-refractivity contribution in [3.63, 3.8) is 0 Å². The van der Waals surface area contributed by atoms with E-state index in [4.69, 9.17) is 4.74 Å². The van der Waals surface area contributed by atoms with Gasteiger partial charge in [-0.25, -0.2) is 15.0 Å². The number of nitrogens with one attached hydrogen (secondary N) is 1. The Labute approximate surface area is 358 Å². The lowest BCUT2D eigenvalue weighted by Gasteiger charge is -2.34. The number of rotatable bonds is 11. The van der Waals surface area contributed by atoms with Gasteiger partial charge in [-0.1, -0.05) is 12.1 Å². The topological polar surface area (TPSA) is 160 Å². The third kappa shape index (κ3) is 8.40. The number of alkyl halides is 2. The van der Waals surface area contributed by atoms with E-state index < -0.39 is 6.61 Å². The molecular weight excluding hydrogens is 817 g/mol. The first-order valence-corrected chi connectivity index (χ1v) is 20.6. The minimum Gasteiger partial charge on any atom is -0.439 e. The third-order valence-corrected chi connectivity index (χ3v) is 12.2. The molecule has 1 N–H and O–H groups in total. The first kappa shape index (κ1) is 40.2. The van der Waals surface area contributed by atoms with Gasteiger partial charge in [-0.3, -0.25) is 19.2 Å². The molecule has 2 aliphatic rings. The SMILES string of the molecule is Cn1cc(C(=O)Nc2sc3c(c2C#N)CCN(c2cc(-c4ccc(Oc5ccc6cc(C(=O)N7CCN(Cc8ccc(OC(F)F)cc8)CC7)n(C)c6c5)nc4)ncn2)C3)cn1. The van der Waals surface area contributed by atoms with E-state index in [2.05, 4.69) is 46.0 Å². The zero-order chi connectivity index (χ0) is 42.9. The molecule has 2 aromatic carbocycles. The Hall–Kier alpha value is -7.23. The molecule has 62 heavy (non-hydrogen) atoms. The number of piperazine rings is 1. The van der Waals surface area contributed by atoms with E-state index in [1.165, 1.54) is 23.9 Å². The van der Waals surface area contributed by atoms with Crippen molar-refractivity contribution < 1.29 is 27.8 Å². The number of halogens is 2. The van der Waals surface area contributed by atoms with Gasteiger partial charge in [-0.05, 0) is 53.9 Å². The van der Waals surface area contributed by atoms with E-state index in [0.717, 1.165) is 38.3 Å². The molecule has 5 aromatic heterocycles. The number of nitriles is 1. The van der Waals surface area contributed by atoms with Crippen LogP contribution in [0.5, 0.6) is 17.4 Å². The summed E-state index contributed by atoms with van der Waals surface area (Å²) in [5.74, 6) is 1.46. The van der Waals surface area contributed by atoms with Gasteiger partial charge >= 0.3 is 6.61 Å². The molecule has 2 aliphatic heterocycles. The number of benzene rings is 2. The second-order valence-electron chi connectivity index (χ2n) is 15.0. The van der Waals surface area contributed by atoms with Crippen LogP contribution < -0.4 is 19.7 Å². The Kier molecular flexibility index (Phi) is 11.0. The van der Waals surface area contributed by atoms with E-state index in [-0.39, 0.29) is 17.6 Å². The average Bonchev–Trinajstić information content (AvgIpc) is 3.98. The monoisotopic (exact) mass is 855 g/mol. The highest BCUT2D eigenvalue weighted by Crippen LogP contribution is 2.38. The second-order valence-corrected chi connectivity index (χ2v) is 16.1. The summed E-state index contributed by atoms with van der Waals surface area (Å²) < 4.78 is 39.0. The predicted octanol–water partition coefficient (Wildman–Crippen LogP) is 6.86. The van der Waals surface area contributed by atoms with Gasteiger partial charge in [0.25, 0.3) is 11.8 Å². The summed E-state index contributed by atoms with van der Waals surface area (Å²) in [4.78, 5) is 47.4. The Balaban J connectivity index is 0.817. The van der Waals surface area contributed by atoms with Crippen LogP contribution >= 0.6 is 11.3 Å². The number of anilines is 2. The molecule has 18 heteroatoms. The zero-order valence-corrected chi connectivity index (χ0v) is 34.5. The molecule has 15 nitrogen and oxygen atoms in total. The van der Waals surface area contributed by atoms with Crippen molar-refractivity contribution in [1.82, 2.24) is 39.1 Å². The molecule has 1 saturated heterocycles. The lowest BCUT2D eigenvalue weighted by molar-refractivity contribution is -0.0498. The highest BCUT2D eigenvalue weighted by atomic mass is 32.1. The molecule has 0 aliphatic carbocycles. The Morgan fingerprint density at radius 2 is 1.74 bits per heavy atom. The van der Waals surface area contributed by atoms with Crippen LogP contribution in [0.3, 0.4) is 0 Å². The Morgan fingerprint density at radius 3 is 2.47 bits per heavy atom. The minimum atomic E-state index is -2.86. The molecule has 0 saturated carbocycles. The van der Waals surface area contributed by atoms with E-state index in [0.29, 0.717) is 91.4 Å². The van der Waals surface area contributed by atoms with Crippen LogP contribution in [0.15, 0.2) is 91.6 Å². The number of ether oxygens (including phenoxy) is 2. The molecule has 0 atom stereocenters. The molecule has 0 spiro atoms. The largest absolute Gasteiger partial charge is 0.439 e. The van der Waals surface area contributed by atoms with E-state index in [1.54, 1.807) is 54.5 Å². The average molecular weight is 856 g/mol. The summed E-state index contributed by atoms with van der Waals surface area (Å²) in [5.41, 5.74) is 5.73. The summed E-state index contributed by atoms with van der Waals surface area (Å²) >= 11 is 1.40. The number of hydrogen-bond donors (Lipinski definition) is 1. The lowest BCUT2D eigenvalue weighted by Crippen LogP contribution is -2.48. The van der Waals surface area contributed by atoms with Crippen molar-refractivity contribution in [2.45, 2.75) is 26.1 Å². The summed E-state index contributed by atoms with van der Waals surface area (Å²) in [6.45, 7) is 1.46. The normalized spacial score (nSPS) is 14.2. The molecule has 0 unspecified atom stereocenters. The third-order valence-electron chi connectivity index (χ3n) is 11.0. The number of fused-ring (bicyclic) bond motifs is 2. The number of aryl methyl sites for hydroxylation is 2. The molecule has 0 bridgehead atoms. The number of pyridine rings is 1. The molecule has 7 heterocycles. The predicted molar refractivity (Wildman–Crippen MR) is 227 cm³/mol. The molecule has 0 radical (unpaired) electrons. The van der Waals surface area contributed by atoms with Gasteiger partial charge < -0.3 is 29.2 Å². The van der Waals surface area contributed by atoms with Crippen LogP contribution in [-0.4, -0.2) is 90.2 Å². The Morgan fingerprint density at radius 1 is 0.935 bits per heavy atom. The molecule has 7 aromatic rings. The van der Waals surface area contributed by atoms with E-state index in [9.17, 15) is 23.6 Å². The summed E-state index contributed by atoms with van der Waals surface area (Å²) in [7, 11) is 3.61. The van der Waals surface area contributed by atoms with Gasteiger partial charge in [0.15, 0.2) is 0 Å². The molecule has 9 rings (SSSR count). The van der Waals surface area contributed by atoms with Crippen molar-refractivity contribution in [2.75, 3.05) is 42.9 Å². The van der Waals surface area contributed by atoms with Crippen molar-refractivity contribution in [1.29, 1.82) is 5.26 Å². The fourth-order valence-corrected chi connectivity index (χ4v) is 9.00. The number of carbonyl (C=O) groups excluding carboxylic acids is 2. The smallest absolute Gasteiger partial charge is 0.387 e. The summed E-state index contributed by atoms with van der Waals surface area (Å²) in [5, 5.41) is 18.4. The second kappa shape index (κ2) is 17.0. The number of hydrogen-bond acceptors (Lipinski definition) is 12. The summed E-state index contributed by atoms with van der Waals surface area (Å²) in [6.07, 6.45) is 6.97. The zero-order valence-electron chi connectivity index (χ0n) is 33.7. The number of thiophene rings is 1. The van der Waals surface area contributed by atoms with Crippen LogP contribution in [0.1, 0.15) is 42.4 Å². The number of carbonyl (C=O) groups is 2. The Bertz CT molecular complexity index is 2830. The first-order chi connectivity index (χ1) is 30.1. The van der Waals surface area contributed by atoms with Crippen molar-refractivity contribution in [2.24, 2.45) is 14.1 Å². The number of nitrogens with zero attached hydrogens (tertiary/aromatic N) is 10. The maximum atomic E-state index is 13.7. The van der Waals surface area contributed by atoms with Gasteiger partial charge in [0, 0.05) is 99.8 Å². The molecule has 314 valence electrons. The van der Waals surface area contributed by atoms with Crippen LogP contribution in [0.2, 0.25) is 0 Å². The van der Waals surface area contributed by atoms with Crippen LogP contribution in [-0.2, 0) is 33.6 Å². The molecule has 1 fully saturated rings. The van der Waals surface area contributed by atoms with Crippen molar-refractivity contribution in [3.8, 4) is 34.7 Å². The van der Waals surface area contributed by atoms with Gasteiger partial charge in [-0.15, -0.1) is 11.3 Å². The van der Waals surface area contributed by atoms with Crippen LogP contribution in [0.25, 0.3) is 22.2 Å². The van der Waals surface area contributed by atoms with Gasteiger partial charge in [0.1, 0.15) is 40.4 Å². The lowest BCUT2D eigenvalue weighted by atomic mass is 10.0. The fraction of sp³-hybridized carbons (Fsp3) is 0.250. The standard InChI is InChI=1S/C44H39F2N11O4S/c1-53-24-30(22-51-53)41(58)52-42-34(20-47)33-11-12-57(25-38(33)62-42)39-19-35(49-26-50-39)29-6-10-40(48-21-29)60-32-9-5-28-17-37(54(2)36(28)18-32)43(59)56-15-13-55(14-16-56)23-27-3-7-31(8-4-27)61-44(45)46/h3-10,17-19,21-22,24,26,44H,11-16,23,25H2,1-2H3,(H,52,58). The maximum Gasteiger partial charge on any atom is 0.387 e. The van der Waals surface area contributed by atoms with Gasteiger partial charge in [0.05, 0.1) is 35.1 Å².